The highest BCUT2D eigenvalue weighted by atomic mass is 16.5. The van der Waals surface area contributed by atoms with Gasteiger partial charge in [-0.15, -0.1) is 0 Å². The molecule has 1 aliphatic rings. The summed E-state index contributed by atoms with van der Waals surface area (Å²) in [5.41, 5.74) is 9.00. The highest BCUT2D eigenvalue weighted by molar-refractivity contribution is 5.53. The standard InChI is InChI=1S/C12H17NO/c1-8-6-10(13)7-9-4-5-12(2,3)14-11(8)9/h6-7H,4-5,13H2,1-3H3. The number of nitrogens with two attached hydrogens (primary N) is 1. The molecule has 0 bridgehead atoms. The molecule has 1 aliphatic heterocycles. The molecule has 0 saturated carbocycles. The first-order valence-corrected chi connectivity index (χ1v) is 5.06. The Morgan fingerprint density at radius 2 is 2.07 bits per heavy atom. The molecule has 2 heteroatoms. The largest absolute Gasteiger partial charge is 0.487 e. The topological polar surface area (TPSA) is 35.2 Å². The monoisotopic (exact) mass is 191 g/mol. The van der Waals surface area contributed by atoms with Crippen LogP contribution in [-0.4, -0.2) is 5.60 Å². The van der Waals surface area contributed by atoms with Gasteiger partial charge in [-0.05, 0) is 56.9 Å². The number of fused-ring (bicyclic) bond motifs is 1. The van der Waals surface area contributed by atoms with Crippen LogP contribution in [0.4, 0.5) is 5.69 Å². The van der Waals surface area contributed by atoms with E-state index in [2.05, 4.69) is 20.8 Å². The molecule has 0 amide bonds. The second-order valence-electron chi connectivity index (χ2n) is 4.69. The van der Waals surface area contributed by atoms with E-state index in [0.717, 1.165) is 29.8 Å². The molecule has 0 atom stereocenters. The first-order chi connectivity index (χ1) is 6.48. The summed E-state index contributed by atoms with van der Waals surface area (Å²) < 4.78 is 5.95. The van der Waals surface area contributed by atoms with Crippen LogP contribution in [0.25, 0.3) is 0 Å². The molecular weight excluding hydrogens is 174 g/mol. The van der Waals surface area contributed by atoms with Crippen molar-refractivity contribution in [2.24, 2.45) is 0 Å². The Hall–Kier alpha value is -1.18. The van der Waals surface area contributed by atoms with Gasteiger partial charge in [0.05, 0.1) is 0 Å². The SMILES string of the molecule is Cc1cc(N)cc2c1OC(C)(C)CC2. The fourth-order valence-electron chi connectivity index (χ4n) is 1.97. The summed E-state index contributed by atoms with van der Waals surface area (Å²) in [6, 6.07) is 4.00. The van der Waals surface area contributed by atoms with Crippen molar-refractivity contribution >= 4 is 5.69 Å². The van der Waals surface area contributed by atoms with E-state index in [0.29, 0.717) is 0 Å². The number of hydrogen-bond acceptors (Lipinski definition) is 2. The van der Waals surface area contributed by atoms with E-state index in [4.69, 9.17) is 10.5 Å². The number of aryl methyl sites for hydroxylation is 2. The van der Waals surface area contributed by atoms with Gasteiger partial charge in [0.25, 0.3) is 0 Å². The van der Waals surface area contributed by atoms with Crippen LogP contribution in [-0.2, 0) is 6.42 Å². The van der Waals surface area contributed by atoms with Gasteiger partial charge >= 0.3 is 0 Å². The zero-order valence-electron chi connectivity index (χ0n) is 9.05. The van der Waals surface area contributed by atoms with Gasteiger partial charge < -0.3 is 10.5 Å². The fourth-order valence-corrected chi connectivity index (χ4v) is 1.97. The Bertz CT molecular complexity index is 369. The number of rotatable bonds is 0. The predicted molar refractivity (Wildman–Crippen MR) is 58.6 cm³/mol. The molecule has 0 aromatic heterocycles. The first kappa shape index (κ1) is 9.38. The summed E-state index contributed by atoms with van der Waals surface area (Å²) in [5, 5.41) is 0. The molecule has 14 heavy (non-hydrogen) atoms. The van der Waals surface area contributed by atoms with E-state index < -0.39 is 0 Å². The minimum atomic E-state index is -0.0339. The van der Waals surface area contributed by atoms with E-state index in [1.807, 2.05) is 12.1 Å². The summed E-state index contributed by atoms with van der Waals surface area (Å²) >= 11 is 0. The molecule has 76 valence electrons. The molecule has 0 saturated heterocycles. The third-order valence-corrected chi connectivity index (χ3v) is 2.75. The van der Waals surface area contributed by atoms with Crippen molar-refractivity contribution in [3.63, 3.8) is 0 Å². The van der Waals surface area contributed by atoms with Crippen molar-refractivity contribution in [3.05, 3.63) is 23.3 Å². The maximum absolute atomic E-state index is 5.95. The molecule has 0 unspecified atom stereocenters. The van der Waals surface area contributed by atoms with Crippen LogP contribution in [0.15, 0.2) is 12.1 Å². The van der Waals surface area contributed by atoms with Gasteiger partial charge in [0.15, 0.2) is 0 Å². The van der Waals surface area contributed by atoms with Crippen LogP contribution < -0.4 is 10.5 Å². The Kier molecular flexibility index (Phi) is 1.95. The summed E-state index contributed by atoms with van der Waals surface area (Å²) in [6.45, 7) is 6.31. The van der Waals surface area contributed by atoms with Crippen LogP contribution in [0.2, 0.25) is 0 Å². The molecule has 0 aliphatic carbocycles. The zero-order chi connectivity index (χ0) is 10.3. The number of anilines is 1. The van der Waals surface area contributed by atoms with Gasteiger partial charge in [0, 0.05) is 5.69 Å². The second-order valence-corrected chi connectivity index (χ2v) is 4.69. The lowest BCUT2D eigenvalue weighted by atomic mass is 9.92. The Balaban J connectivity index is 2.47. The minimum Gasteiger partial charge on any atom is -0.487 e. The van der Waals surface area contributed by atoms with Crippen LogP contribution in [0, 0.1) is 6.92 Å². The molecule has 0 spiro atoms. The van der Waals surface area contributed by atoms with E-state index in [1.165, 1.54) is 5.56 Å². The third kappa shape index (κ3) is 1.57. The van der Waals surface area contributed by atoms with E-state index in [9.17, 15) is 0 Å². The zero-order valence-corrected chi connectivity index (χ0v) is 9.05. The minimum absolute atomic E-state index is 0.0339. The van der Waals surface area contributed by atoms with Crippen LogP contribution in [0.1, 0.15) is 31.4 Å². The fraction of sp³-hybridized carbons (Fsp3) is 0.500. The molecule has 1 aromatic carbocycles. The number of benzene rings is 1. The highest BCUT2D eigenvalue weighted by Crippen LogP contribution is 2.36. The van der Waals surface area contributed by atoms with E-state index >= 15 is 0 Å². The van der Waals surface area contributed by atoms with Crippen molar-refractivity contribution < 1.29 is 4.74 Å². The Morgan fingerprint density at radius 1 is 1.36 bits per heavy atom. The number of nitrogen functional groups attached to an aromatic ring is 1. The lowest BCUT2D eigenvalue weighted by Crippen LogP contribution is -2.33. The summed E-state index contributed by atoms with van der Waals surface area (Å²) in [7, 11) is 0. The molecule has 2 N–H and O–H groups in total. The second kappa shape index (κ2) is 2.91. The summed E-state index contributed by atoms with van der Waals surface area (Å²) in [5.74, 6) is 1.04. The molecule has 1 aromatic rings. The third-order valence-electron chi connectivity index (χ3n) is 2.75. The number of ether oxygens (including phenoxy) is 1. The predicted octanol–water partition coefficient (Wildman–Crippen LogP) is 2.68. The lowest BCUT2D eigenvalue weighted by molar-refractivity contribution is 0.0837. The molecule has 0 fully saturated rings. The van der Waals surface area contributed by atoms with Crippen LogP contribution >= 0.6 is 0 Å². The molecule has 2 rings (SSSR count). The summed E-state index contributed by atoms with van der Waals surface area (Å²) in [6.07, 6.45) is 2.12. The first-order valence-electron chi connectivity index (χ1n) is 5.06. The maximum atomic E-state index is 5.95. The van der Waals surface area contributed by atoms with E-state index in [-0.39, 0.29) is 5.60 Å². The van der Waals surface area contributed by atoms with Crippen molar-refractivity contribution in [2.75, 3.05) is 5.73 Å². The smallest absolute Gasteiger partial charge is 0.126 e. The van der Waals surface area contributed by atoms with Gasteiger partial charge in [-0.3, -0.25) is 0 Å². The van der Waals surface area contributed by atoms with Gasteiger partial charge in [0.1, 0.15) is 11.4 Å². The average molecular weight is 191 g/mol. The quantitative estimate of drug-likeness (QED) is 0.640. The lowest BCUT2D eigenvalue weighted by Gasteiger charge is -2.33. The van der Waals surface area contributed by atoms with Gasteiger partial charge in [-0.1, -0.05) is 0 Å². The van der Waals surface area contributed by atoms with Gasteiger partial charge in [-0.2, -0.15) is 0 Å². The van der Waals surface area contributed by atoms with Crippen molar-refractivity contribution in [1.82, 2.24) is 0 Å². The van der Waals surface area contributed by atoms with Crippen LogP contribution in [0.5, 0.6) is 5.75 Å². The molecular formula is C12H17NO. The molecule has 1 heterocycles. The Morgan fingerprint density at radius 3 is 2.79 bits per heavy atom. The molecule has 2 nitrogen and oxygen atoms in total. The normalized spacial score (nSPS) is 18.5. The van der Waals surface area contributed by atoms with Crippen molar-refractivity contribution in [1.29, 1.82) is 0 Å². The van der Waals surface area contributed by atoms with Crippen molar-refractivity contribution in [2.45, 2.75) is 39.2 Å². The van der Waals surface area contributed by atoms with E-state index in [1.54, 1.807) is 0 Å². The van der Waals surface area contributed by atoms with Gasteiger partial charge in [-0.25, -0.2) is 0 Å². The van der Waals surface area contributed by atoms with Gasteiger partial charge in [0.2, 0.25) is 0 Å². The van der Waals surface area contributed by atoms with Crippen molar-refractivity contribution in [3.8, 4) is 5.75 Å². The average Bonchev–Trinajstić information content (AvgIpc) is 2.06. The highest BCUT2D eigenvalue weighted by Gasteiger charge is 2.27. The molecule has 0 radical (unpaired) electrons. The van der Waals surface area contributed by atoms with Crippen LogP contribution in [0.3, 0.4) is 0 Å². The maximum Gasteiger partial charge on any atom is 0.126 e. The number of hydrogen-bond donors (Lipinski definition) is 1. The Labute approximate surface area is 85.1 Å². The summed E-state index contributed by atoms with van der Waals surface area (Å²) in [4.78, 5) is 0.